The summed E-state index contributed by atoms with van der Waals surface area (Å²) in [5, 5.41) is 0. The maximum absolute atomic E-state index is 11.3. The van der Waals surface area contributed by atoms with E-state index in [4.69, 9.17) is 39.1 Å². The van der Waals surface area contributed by atoms with E-state index in [-0.39, 0.29) is 145 Å². The van der Waals surface area contributed by atoms with Crippen LogP contribution in [0.25, 0.3) is 0 Å². The molecule has 0 saturated heterocycles. The van der Waals surface area contributed by atoms with Crippen molar-refractivity contribution in [3.05, 3.63) is 0 Å². The quantitative estimate of drug-likeness (QED) is 0.0159. The topological polar surface area (TPSA) is 428 Å². The Balaban J connectivity index is -0.000000221. The second-order valence-electron chi connectivity index (χ2n) is 31.6. The Morgan fingerprint density at radius 3 is 0.319 bits per heavy atom. The second kappa shape index (κ2) is 96.3. The van der Waals surface area contributed by atoms with Crippen molar-refractivity contribution in [1.82, 2.24) is 0 Å². The standard InChI is InChI=1S/4C20H44O6P2.4Na/c4*1-2-3-4-5-6-7-8-9-10-11-12-13-14-15-16-17-18-19-26-28(24,25)20-27(21,22)23;;;;/h4*2-20H2,1H3,(H,24,25)(H2,21,22,23);;;;/q;;;;4*+1/p-4. The zero-order chi connectivity index (χ0) is 84.6. The largest absolute Gasteiger partial charge is 1.00 e. The zero-order valence-electron chi connectivity index (χ0n) is 75.4. The third kappa shape index (κ3) is 130. The third-order valence-corrected chi connectivity index (χ3v) is 33.3. The summed E-state index contributed by atoms with van der Waals surface area (Å²) in [6, 6.07) is 0. The van der Waals surface area contributed by atoms with Gasteiger partial charge in [-0.25, -0.2) is 0 Å². The predicted molar refractivity (Wildman–Crippen MR) is 459 cm³/mol. The molecule has 0 heterocycles. The van der Waals surface area contributed by atoms with Crippen molar-refractivity contribution in [2.45, 2.75) is 464 Å². The summed E-state index contributed by atoms with van der Waals surface area (Å²) >= 11 is 0. The molecule has 24 nitrogen and oxygen atoms in total. The fourth-order valence-electron chi connectivity index (χ4n) is 13.2. The van der Waals surface area contributed by atoms with Crippen LogP contribution in [-0.4, -0.2) is 89.2 Å². The Morgan fingerprint density at radius 2 is 0.241 bits per heavy atom. The Kier molecular flexibility index (Phi) is 113. The van der Waals surface area contributed by atoms with Crippen LogP contribution in [0.4, 0.5) is 0 Å². The molecule has 0 radical (unpaired) electrons. The molecule has 0 rings (SSSR count). The molecule has 680 valence electrons. The first-order chi connectivity index (χ1) is 53.1. The molecule has 0 amide bonds. The first kappa shape index (κ1) is 137. The van der Waals surface area contributed by atoms with E-state index in [9.17, 15) is 56.1 Å². The zero-order valence-corrected chi connectivity index (χ0v) is 90.6. The van der Waals surface area contributed by atoms with Gasteiger partial charge in [-0.05, 0) is 25.7 Å². The molecular weight excluding hydrogens is 1680 g/mol. The van der Waals surface area contributed by atoms with Crippen molar-refractivity contribution < 1.29 is 232 Å². The van der Waals surface area contributed by atoms with Gasteiger partial charge < -0.3 is 95.1 Å². The average Bonchev–Trinajstić information content (AvgIpc) is 0.908. The van der Waals surface area contributed by atoms with Gasteiger partial charge in [-0.1, -0.05) is 439 Å². The van der Waals surface area contributed by atoms with Crippen LogP contribution < -0.4 is 138 Å². The summed E-state index contributed by atoms with van der Waals surface area (Å²) in [6.07, 6.45) is 85.0. The van der Waals surface area contributed by atoms with Gasteiger partial charge in [-0.3, -0.25) is 18.3 Å². The molecule has 36 heteroatoms. The maximum atomic E-state index is 11.3. The Morgan fingerprint density at radius 1 is 0.164 bits per heavy atom. The van der Waals surface area contributed by atoms with Gasteiger partial charge in [0.15, 0.2) is 0 Å². The number of hydrogen-bond donors (Lipinski definition) is 8. The summed E-state index contributed by atoms with van der Waals surface area (Å²) in [5.74, 6) is -4.84. The minimum Gasteiger partial charge on any atom is -0.778 e. The van der Waals surface area contributed by atoms with E-state index in [0.717, 1.165) is 77.0 Å². The maximum Gasteiger partial charge on any atom is 1.00 e. The second-order valence-corrected chi connectivity index (χ2v) is 47.4. The molecule has 0 fully saturated rings. The molecule has 0 spiro atoms. The normalized spacial score (nSPS) is 13.8. The van der Waals surface area contributed by atoms with E-state index in [2.05, 4.69) is 45.8 Å². The predicted octanol–water partition coefficient (Wildman–Crippen LogP) is 13.4. The van der Waals surface area contributed by atoms with Crippen molar-refractivity contribution in [1.29, 1.82) is 0 Å². The van der Waals surface area contributed by atoms with Gasteiger partial charge in [0.05, 0.1) is 26.4 Å². The fourth-order valence-corrected chi connectivity index (χ4v) is 23.3. The Hall–Kier alpha value is 5.20. The van der Waals surface area contributed by atoms with Crippen LogP contribution in [0.15, 0.2) is 0 Å². The molecule has 8 N–H and O–H groups in total. The van der Waals surface area contributed by atoms with Crippen molar-refractivity contribution in [2.24, 2.45) is 0 Å². The summed E-state index contributed by atoms with van der Waals surface area (Å²) in [6.45, 7) is 9.08. The Labute approximate surface area is 798 Å². The molecule has 0 aliphatic heterocycles. The van der Waals surface area contributed by atoms with Gasteiger partial charge in [0.25, 0.3) is 0 Å². The van der Waals surface area contributed by atoms with Crippen LogP contribution in [-0.2, 0) is 54.6 Å². The minimum atomic E-state index is -4.58. The van der Waals surface area contributed by atoms with Gasteiger partial charge in [0.1, 0.15) is 54.0 Å². The first-order valence-corrected chi connectivity index (χ1v) is 59.1. The number of hydrogen-bond acceptors (Lipinski definition) is 16. The van der Waals surface area contributed by atoms with Gasteiger partial charge in [-0.2, -0.15) is 0 Å². The van der Waals surface area contributed by atoms with Crippen LogP contribution in [0, 0.1) is 0 Å². The van der Waals surface area contributed by atoms with E-state index in [1.54, 1.807) is 0 Å². The first-order valence-electron chi connectivity index (χ1n) is 45.0. The van der Waals surface area contributed by atoms with Gasteiger partial charge in [0.2, 0.25) is 0 Å². The monoisotopic (exact) mass is 1860 g/mol. The van der Waals surface area contributed by atoms with Crippen LogP contribution in [0.5, 0.6) is 0 Å². The van der Waals surface area contributed by atoms with E-state index < -0.39 is 84.4 Å². The Bertz CT molecular complexity index is 2100. The molecular formula is C80H172Na4O24P8. The van der Waals surface area contributed by atoms with E-state index in [1.807, 2.05) is 0 Å². The smallest absolute Gasteiger partial charge is 0.778 e. The van der Waals surface area contributed by atoms with Gasteiger partial charge in [0, 0.05) is 0 Å². The van der Waals surface area contributed by atoms with Crippen molar-refractivity contribution in [2.75, 3.05) is 50.0 Å². The van der Waals surface area contributed by atoms with E-state index >= 15 is 0 Å². The summed E-state index contributed by atoms with van der Waals surface area (Å²) in [5.41, 5.74) is 0. The molecule has 0 aromatic heterocycles. The van der Waals surface area contributed by atoms with Gasteiger partial charge in [-0.15, -0.1) is 0 Å². The summed E-state index contributed by atoms with van der Waals surface area (Å²) in [4.78, 5) is 115. The summed E-state index contributed by atoms with van der Waals surface area (Å²) in [7, 11) is -36.0. The molecule has 0 aliphatic carbocycles. The third-order valence-electron chi connectivity index (χ3n) is 19.6. The van der Waals surface area contributed by atoms with Crippen LogP contribution in [0.1, 0.15) is 464 Å². The van der Waals surface area contributed by atoms with Crippen molar-refractivity contribution >= 4 is 60.8 Å². The van der Waals surface area contributed by atoms with Gasteiger partial charge >= 0.3 is 149 Å². The molecule has 116 heavy (non-hydrogen) atoms. The molecule has 0 aromatic carbocycles. The van der Waals surface area contributed by atoms with Crippen molar-refractivity contribution in [3.8, 4) is 0 Å². The molecule has 0 aromatic rings. The number of rotatable bonds is 84. The molecule has 0 saturated carbocycles. The molecule has 0 aliphatic rings. The molecule has 0 bridgehead atoms. The van der Waals surface area contributed by atoms with E-state index in [0.29, 0.717) is 25.7 Å². The minimum absolute atomic E-state index is 0. The van der Waals surface area contributed by atoms with E-state index in [1.165, 1.54) is 334 Å². The fraction of sp³-hybridized carbons (Fsp3) is 1.00. The molecule has 4 atom stereocenters. The van der Waals surface area contributed by atoms with Crippen molar-refractivity contribution in [3.63, 3.8) is 0 Å². The molecule has 4 unspecified atom stereocenters. The summed E-state index contributed by atoms with van der Waals surface area (Å²) < 4.78 is 107. The van der Waals surface area contributed by atoms with Crippen LogP contribution in [0.2, 0.25) is 0 Å². The SMILES string of the molecule is CCCCCCCCCCCCCCCCCCCOP(=O)([O-])CP(=O)(O)O.CCCCCCCCCCCCCCCCCCCOP(=O)([O-])CP(=O)(O)O.CCCCCCCCCCCCCCCCCCCOP(=O)([O-])CP(=O)(O)O.CCCCCCCCCCCCCCCCCCCOP(=O)([O-])CP(=O)(O)O.[Na+].[Na+].[Na+].[Na+]. The average molecular weight is 1860 g/mol. The van der Waals surface area contributed by atoms with Crippen LogP contribution in [0.3, 0.4) is 0 Å². The van der Waals surface area contributed by atoms with Crippen LogP contribution >= 0.6 is 60.8 Å². The number of unbranched alkanes of at least 4 members (excludes halogenated alkanes) is 64.